The van der Waals surface area contributed by atoms with Crippen molar-refractivity contribution < 1.29 is 18.9 Å². The molecule has 0 aliphatic carbocycles. The van der Waals surface area contributed by atoms with Crippen LogP contribution in [0.1, 0.15) is 119 Å². The molecule has 0 saturated carbocycles. The van der Waals surface area contributed by atoms with Crippen molar-refractivity contribution in [3.8, 4) is 0 Å². The van der Waals surface area contributed by atoms with Crippen molar-refractivity contribution in [2.24, 2.45) is 0 Å². The molecule has 0 fully saturated rings. The van der Waals surface area contributed by atoms with Crippen LogP contribution in [0.3, 0.4) is 0 Å². The van der Waals surface area contributed by atoms with Crippen LogP contribution in [0.15, 0.2) is 30.3 Å². The van der Waals surface area contributed by atoms with E-state index in [1.165, 1.54) is 27.7 Å². The third-order valence-electron chi connectivity index (χ3n) is 10.8. The average Bonchev–Trinajstić information content (AvgIpc) is 3.95. The van der Waals surface area contributed by atoms with E-state index < -0.39 is 0 Å². The summed E-state index contributed by atoms with van der Waals surface area (Å²) < 4.78 is 25.5. The third-order valence-corrected chi connectivity index (χ3v) is 10.8. The first-order valence-corrected chi connectivity index (χ1v) is 19.5. The second-order valence-electron chi connectivity index (χ2n) is 14.7. The lowest BCUT2D eigenvalue weighted by Gasteiger charge is -2.15. The van der Waals surface area contributed by atoms with Gasteiger partial charge in [0, 0.05) is 57.1 Å². The van der Waals surface area contributed by atoms with Gasteiger partial charge < -0.3 is 28.5 Å². The van der Waals surface area contributed by atoms with E-state index in [9.17, 15) is 0 Å². The molecule has 52 heavy (non-hydrogen) atoms. The molecule has 2 aliphatic heterocycles. The van der Waals surface area contributed by atoms with Crippen molar-refractivity contribution in [3.63, 3.8) is 0 Å². The molecule has 8 bridgehead atoms. The summed E-state index contributed by atoms with van der Waals surface area (Å²) in [5.74, 6) is 0. The van der Waals surface area contributed by atoms with Crippen LogP contribution >= 0.6 is 0 Å². The average molecular weight is 711 g/mol. The molecule has 3 aromatic heterocycles. The Bertz CT molecular complexity index is 1840. The normalized spacial score (nSPS) is 14.9. The lowest BCUT2D eigenvalue weighted by atomic mass is 9.95. The Morgan fingerprint density at radius 1 is 0.558 bits per heavy atom. The van der Waals surface area contributed by atoms with Crippen molar-refractivity contribution in [2.75, 3.05) is 28.4 Å². The van der Waals surface area contributed by atoms with Crippen molar-refractivity contribution >= 4 is 46.4 Å². The number of nitrogens with zero attached hydrogens (tertiary/aromatic N) is 3. The fourth-order valence-corrected chi connectivity index (χ4v) is 7.35. The van der Waals surface area contributed by atoms with E-state index in [4.69, 9.17) is 28.9 Å². The molecule has 8 nitrogen and oxygen atoms in total. The molecule has 282 valence electrons. The Labute approximate surface area is 311 Å². The fraction of sp³-hybridized carbons (Fsp3) is 0.545. The fourth-order valence-electron chi connectivity index (χ4n) is 7.35. The molecule has 0 aromatic carbocycles. The first-order chi connectivity index (χ1) is 25.2. The molecule has 0 saturated heterocycles. The minimum atomic E-state index is 0.193. The minimum Gasteiger partial charge on any atom is -0.382 e. The summed E-state index contributed by atoms with van der Waals surface area (Å²) in [4.78, 5) is 14.0. The predicted molar refractivity (Wildman–Crippen MR) is 216 cm³/mol. The van der Waals surface area contributed by atoms with Gasteiger partial charge in [-0.05, 0) is 164 Å². The van der Waals surface area contributed by atoms with Gasteiger partial charge in [-0.25, -0.2) is 9.97 Å². The number of hydrogen-bond donors (Lipinski definition) is 1. The molecule has 5 rings (SSSR count). The summed E-state index contributed by atoms with van der Waals surface area (Å²) in [6, 6.07) is 10.8. The zero-order valence-corrected chi connectivity index (χ0v) is 33.0. The predicted octanol–water partition coefficient (Wildman–Crippen LogP) is 10.0. The Kier molecular flexibility index (Phi) is 14.9. The number of nitrogens with one attached hydrogen (secondary N) is 1. The SMILES string of the molecule is COC(C)CCCc1c(CCCC(C)OC)c2c(CCCC(C)OC)c3nc(cc4ccc(cc5nc(cc1n2CCCC(C)OC)C=C5)[nH]4)C=C3. The van der Waals surface area contributed by atoms with Crippen molar-refractivity contribution in [1.29, 1.82) is 0 Å². The summed E-state index contributed by atoms with van der Waals surface area (Å²) >= 11 is 0. The van der Waals surface area contributed by atoms with E-state index in [1.54, 1.807) is 0 Å². The van der Waals surface area contributed by atoms with E-state index in [-0.39, 0.29) is 24.4 Å². The van der Waals surface area contributed by atoms with Crippen LogP contribution in [0.25, 0.3) is 46.4 Å². The van der Waals surface area contributed by atoms with E-state index in [0.29, 0.717) is 0 Å². The molecule has 8 heteroatoms. The number of hydrogen-bond acceptors (Lipinski definition) is 6. The number of H-pyrrole nitrogens is 1. The third kappa shape index (κ3) is 10.5. The molecule has 4 atom stereocenters. The van der Waals surface area contributed by atoms with Gasteiger partial charge in [-0.2, -0.15) is 0 Å². The number of aryl methyl sites for hydroxylation is 4. The second-order valence-corrected chi connectivity index (χ2v) is 14.7. The van der Waals surface area contributed by atoms with Gasteiger partial charge in [-0.1, -0.05) is 0 Å². The van der Waals surface area contributed by atoms with Gasteiger partial charge in [0.15, 0.2) is 0 Å². The first-order valence-electron chi connectivity index (χ1n) is 19.5. The van der Waals surface area contributed by atoms with Gasteiger partial charge in [-0.15, -0.1) is 0 Å². The zero-order valence-electron chi connectivity index (χ0n) is 33.0. The van der Waals surface area contributed by atoms with Crippen LogP contribution in [0, 0.1) is 0 Å². The number of aromatic amines is 1. The topological polar surface area (TPSA) is 83.4 Å². The first kappa shape index (κ1) is 39.6. The van der Waals surface area contributed by atoms with E-state index in [2.05, 4.69) is 91.9 Å². The quantitative estimate of drug-likeness (QED) is 0.0866. The van der Waals surface area contributed by atoms with Gasteiger partial charge >= 0.3 is 0 Å². The monoisotopic (exact) mass is 710 g/mol. The summed E-state index contributed by atoms with van der Waals surface area (Å²) in [5, 5.41) is 0. The van der Waals surface area contributed by atoms with Crippen LogP contribution in [-0.2, 0) is 44.8 Å². The van der Waals surface area contributed by atoms with Crippen LogP contribution in [0.4, 0.5) is 0 Å². The molecule has 4 unspecified atom stereocenters. The van der Waals surface area contributed by atoms with Crippen LogP contribution in [0.2, 0.25) is 0 Å². The summed E-state index contributed by atoms with van der Waals surface area (Å²) in [7, 11) is 7.24. The molecular weight excluding hydrogens is 649 g/mol. The molecule has 2 aliphatic rings. The van der Waals surface area contributed by atoms with E-state index in [1.807, 2.05) is 28.4 Å². The smallest absolute Gasteiger partial charge is 0.0690 e. The lowest BCUT2D eigenvalue weighted by molar-refractivity contribution is 0.108. The maximum absolute atomic E-state index is 5.72. The second kappa shape index (κ2) is 19.5. The van der Waals surface area contributed by atoms with Gasteiger partial charge in [0.05, 0.1) is 52.7 Å². The number of fused-ring (bicyclic) bond motifs is 8. The lowest BCUT2D eigenvalue weighted by Crippen LogP contribution is -2.09. The molecule has 0 spiro atoms. The number of methoxy groups -OCH3 is 4. The van der Waals surface area contributed by atoms with E-state index in [0.717, 1.165) is 111 Å². The summed E-state index contributed by atoms with van der Waals surface area (Å²) in [6.45, 7) is 9.55. The number of rotatable bonds is 20. The minimum absolute atomic E-state index is 0.193. The molecule has 0 radical (unpaired) electrons. The van der Waals surface area contributed by atoms with Gasteiger partial charge in [0.25, 0.3) is 0 Å². The van der Waals surface area contributed by atoms with Gasteiger partial charge in [0.2, 0.25) is 0 Å². The molecular formula is C44H62N4O4. The van der Waals surface area contributed by atoms with Crippen molar-refractivity contribution in [1.82, 2.24) is 19.5 Å². The number of aromatic nitrogens is 4. The molecule has 1 N–H and O–H groups in total. The van der Waals surface area contributed by atoms with Gasteiger partial charge in [-0.3, -0.25) is 0 Å². The maximum atomic E-state index is 5.72. The maximum Gasteiger partial charge on any atom is 0.0690 e. The number of ether oxygens (including phenoxy) is 4. The van der Waals surface area contributed by atoms with Crippen molar-refractivity contribution in [2.45, 2.75) is 129 Å². The standard InChI is InChI=1S/C44H62N4O4/c1-30(49-5)13-9-17-39-40(18-10-14-31(2)50-6)44-41(19-11-15-32(3)51-7)42-25-24-37(47-42)28-36-21-20-34(45-36)27-35-22-23-38(46-35)29-43(39)48(44)26-12-16-33(4)52-8/h20-25,27-33,45H,9-19,26H2,1-8H3. The Morgan fingerprint density at radius 3 is 1.58 bits per heavy atom. The van der Waals surface area contributed by atoms with Crippen LogP contribution < -0.4 is 0 Å². The summed E-state index contributed by atoms with van der Waals surface area (Å²) in [5.41, 5.74) is 12.7. The zero-order chi connectivity index (χ0) is 37.0. The highest BCUT2D eigenvalue weighted by molar-refractivity contribution is 5.83. The molecule has 0 amide bonds. The molecule has 5 heterocycles. The van der Waals surface area contributed by atoms with Crippen molar-refractivity contribution in [3.05, 3.63) is 69.8 Å². The Balaban J connectivity index is 1.86. The van der Waals surface area contributed by atoms with Crippen LogP contribution in [0.5, 0.6) is 0 Å². The van der Waals surface area contributed by atoms with Gasteiger partial charge in [0.1, 0.15) is 0 Å². The van der Waals surface area contributed by atoms with E-state index >= 15 is 0 Å². The highest BCUT2D eigenvalue weighted by atomic mass is 16.5. The summed E-state index contributed by atoms with van der Waals surface area (Å²) in [6.07, 6.45) is 20.4. The van der Waals surface area contributed by atoms with Crippen LogP contribution in [-0.4, -0.2) is 72.4 Å². The molecule has 3 aromatic rings. The Hall–Kier alpha value is -3.56. The highest BCUT2D eigenvalue weighted by Gasteiger charge is 2.22. The highest BCUT2D eigenvalue weighted by Crippen LogP contribution is 2.35. The Morgan fingerprint density at radius 2 is 1.02 bits per heavy atom. The largest absolute Gasteiger partial charge is 0.382 e.